The van der Waals surface area contributed by atoms with Crippen LogP contribution in [0.3, 0.4) is 0 Å². The SMILES string of the molecule is Cc1c(Cl)cccc1NC(=O)COC(=O)c1ccc2c(c1)C(=O)N([C@H](C(=O)OCC(=O)Nc1cccc(Cl)c1C)C(C)C)C2=O. The first kappa shape index (κ1) is 33.2. The van der Waals surface area contributed by atoms with Crippen molar-refractivity contribution >= 4 is 70.1 Å². The molecule has 4 amide bonds. The second kappa shape index (κ2) is 13.9. The molecule has 13 heteroatoms. The average Bonchev–Trinajstić information content (AvgIpc) is 3.24. The van der Waals surface area contributed by atoms with E-state index in [1.807, 2.05) is 0 Å². The molecule has 0 saturated heterocycles. The van der Waals surface area contributed by atoms with E-state index in [2.05, 4.69) is 10.6 Å². The molecule has 0 unspecified atom stereocenters. The molecule has 0 fully saturated rings. The third-order valence-corrected chi connectivity index (χ3v) is 7.89. The lowest BCUT2D eigenvalue weighted by molar-refractivity contribution is -0.152. The zero-order chi connectivity index (χ0) is 33.0. The van der Waals surface area contributed by atoms with Crippen molar-refractivity contribution in [2.45, 2.75) is 33.7 Å². The first-order valence-corrected chi connectivity index (χ1v) is 14.5. The summed E-state index contributed by atoms with van der Waals surface area (Å²) in [7, 11) is 0. The quantitative estimate of drug-likeness (QED) is 0.224. The number of ether oxygens (including phenoxy) is 2. The number of nitrogens with one attached hydrogen (secondary N) is 2. The molecular formula is C32H29Cl2N3O8. The van der Waals surface area contributed by atoms with Crippen LogP contribution in [-0.4, -0.2) is 59.7 Å². The van der Waals surface area contributed by atoms with Crippen LogP contribution in [0.4, 0.5) is 11.4 Å². The molecule has 11 nitrogen and oxygen atoms in total. The van der Waals surface area contributed by atoms with E-state index in [0.29, 0.717) is 32.5 Å². The molecule has 1 aliphatic rings. The lowest BCUT2D eigenvalue weighted by Crippen LogP contribution is -2.49. The Morgan fingerprint density at radius 1 is 0.756 bits per heavy atom. The highest BCUT2D eigenvalue weighted by Gasteiger charge is 2.45. The predicted molar refractivity (Wildman–Crippen MR) is 166 cm³/mol. The minimum absolute atomic E-state index is 0.0293. The monoisotopic (exact) mass is 653 g/mol. The Labute approximate surface area is 268 Å². The van der Waals surface area contributed by atoms with Crippen molar-refractivity contribution in [1.29, 1.82) is 0 Å². The van der Waals surface area contributed by atoms with Gasteiger partial charge in [0, 0.05) is 21.4 Å². The zero-order valence-corrected chi connectivity index (χ0v) is 26.2. The molecule has 1 heterocycles. The summed E-state index contributed by atoms with van der Waals surface area (Å²) < 4.78 is 10.3. The Morgan fingerprint density at radius 3 is 1.80 bits per heavy atom. The average molecular weight is 655 g/mol. The Morgan fingerprint density at radius 2 is 1.27 bits per heavy atom. The fraction of sp³-hybridized carbons (Fsp3) is 0.250. The van der Waals surface area contributed by atoms with Gasteiger partial charge in [-0.15, -0.1) is 0 Å². The van der Waals surface area contributed by atoms with Gasteiger partial charge in [0.05, 0.1) is 16.7 Å². The summed E-state index contributed by atoms with van der Waals surface area (Å²) in [5.74, 6) is -5.29. The van der Waals surface area contributed by atoms with Crippen LogP contribution in [-0.2, 0) is 23.9 Å². The largest absolute Gasteiger partial charge is 0.454 e. The van der Waals surface area contributed by atoms with Crippen LogP contribution >= 0.6 is 23.2 Å². The number of hydrogen-bond donors (Lipinski definition) is 2. The van der Waals surface area contributed by atoms with Crippen molar-refractivity contribution in [2.24, 2.45) is 5.92 Å². The van der Waals surface area contributed by atoms with E-state index in [9.17, 15) is 28.8 Å². The van der Waals surface area contributed by atoms with Crippen molar-refractivity contribution in [3.8, 4) is 0 Å². The molecule has 1 atom stereocenters. The number of hydrogen-bond acceptors (Lipinski definition) is 8. The number of carbonyl (C=O) groups excluding carboxylic acids is 6. The van der Waals surface area contributed by atoms with Gasteiger partial charge in [-0.25, -0.2) is 9.59 Å². The number of imide groups is 1. The third kappa shape index (κ3) is 7.33. The summed E-state index contributed by atoms with van der Waals surface area (Å²) >= 11 is 12.1. The van der Waals surface area contributed by atoms with Crippen molar-refractivity contribution in [2.75, 3.05) is 23.8 Å². The van der Waals surface area contributed by atoms with Crippen LogP contribution in [0.2, 0.25) is 10.0 Å². The molecular weight excluding hydrogens is 625 g/mol. The highest BCUT2D eigenvalue weighted by Crippen LogP contribution is 2.29. The molecule has 0 saturated carbocycles. The van der Waals surface area contributed by atoms with Crippen LogP contribution in [0, 0.1) is 19.8 Å². The molecule has 0 aromatic heterocycles. The van der Waals surface area contributed by atoms with Gasteiger partial charge in [0.15, 0.2) is 13.2 Å². The molecule has 1 aliphatic heterocycles. The second-order valence-electron chi connectivity index (χ2n) is 10.5. The molecule has 0 spiro atoms. The molecule has 45 heavy (non-hydrogen) atoms. The Bertz CT molecular complexity index is 1720. The van der Waals surface area contributed by atoms with Gasteiger partial charge in [0.2, 0.25) is 0 Å². The fourth-order valence-corrected chi connectivity index (χ4v) is 4.96. The van der Waals surface area contributed by atoms with E-state index < -0.39 is 60.7 Å². The molecule has 3 aromatic carbocycles. The summed E-state index contributed by atoms with van der Waals surface area (Å²) in [5.41, 5.74) is 1.93. The number of halogens is 2. The predicted octanol–water partition coefficient (Wildman–Crippen LogP) is 5.21. The van der Waals surface area contributed by atoms with Gasteiger partial charge in [0.1, 0.15) is 6.04 Å². The van der Waals surface area contributed by atoms with Crippen LogP contribution in [0.25, 0.3) is 0 Å². The number of benzene rings is 3. The Kier molecular flexibility index (Phi) is 10.3. The van der Waals surface area contributed by atoms with Crippen molar-refractivity contribution in [1.82, 2.24) is 4.90 Å². The third-order valence-electron chi connectivity index (χ3n) is 7.07. The van der Waals surface area contributed by atoms with Gasteiger partial charge in [-0.3, -0.25) is 24.1 Å². The summed E-state index contributed by atoms with van der Waals surface area (Å²) in [6.45, 7) is 5.38. The van der Waals surface area contributed by atoms with E-state index in [1.54, 1.807) is 64.1 Å². The van der Waals surface area contributed by atoms with Crippen LogP contribution < -0.4 is 10.6 Å². The van der Waals surface area contributed by atoms with E-state index in [-0.39, 0.29) is 16.7 Å². The smallest absolute Gasteiger partial charge is 0.338 e. The molecule has 2 N–H and O–H groups in total. The highest BCUT2D eigenvalue weighted by atomic mass is 35.5. The number of esters is 2. The van der Waals surface area contributed by atoms with Gasteiger partial charge < -0.3 is 20.1 Å². The number of fused-ring (bicyclic) bond motifs is 1. The minimum Gasteiger partial charge on any atom is -0.454 e. The van der Waals surface area contributed by atoms with E-state index in [0.717, 1.165) is 4.90 Å². The Balaban J connectivity index is 1.40. The summed E-state index contributed by atoms with van der Waals surface area (Å²) in [6.07, 6.45) is 0. The topological polar surface area (TPSA) is 148 Å². The van der Waals surface area contributed by atoms with E-state index in [4.69, 9.17) is 32.7 Å². The number of nitrogens with zero attached hydrogens (tertiary/aromatic N) is 1. The number of rotatable bonds is 10. The summed E-state index contributed by atoms with van der Waals surface area (Å²) in [6, 6.07) is 12.3. The number of anilines is 2. The maximum atomic E-state index is 13.4. The standard InChI is InChI=1S/C32H29Cl2N3O8/c1-16(2)28(32(43)45-15-27(39)36-25-10-6-8-23(34)18(25)4)37-29(40)20-12-11-19(13-21(20)30(37)41)31(42)44-14-26(38)35-24-9-5-7-22(33)17(24)3/h5-13,16,28H,14-15H2,1-4H3,(H,35,38)(H,36,39)/t28-/m0/s1. The normalized spacial score (nSPS) is 12.9. The summed E-state index contributed by atoms with van der Waals surface area (Å²) in [4.78, 5) is 78.0. The van der Waals surface area contributed by atoms with Gasteiger partial charge in [-0.2, -0.15) is 0 Å². The van der Waals surface area contributed by atoms with E-state index in [1.165, 1.54) is 18.2 Å². The first-order chi connectivity index (χ1) is 21.3. The number of amides is 4. The lowest BCUT2D eigenvalue weighted by atomic mass is 10.0. The highest BCUT2D eigenvalue weighted by molar-refractivity contribution is 6.32. The van der Waals surface area contributed by atoms with Crippen molar-refractivity contribution in [3.63, 3.8) is 0 Å². The van der Waals surface area contributed by atoms with Crippen LogP contribution in [0.5, 0.6) is 0 Å². The van der Waals surface area contributed by atoms with Gasteiger partial charge in [-0.1, -0.05) is 49.2 Å². The first-order valence-electron chi connectivity index (χ1n) is 13.8. The number of carbonyl (C=O) groups is 6. The van der Waals surface area contributed by atoms with Crippen LogP contribution in [0.15, 0.2) is 54.6 Å². The molecule has 234 valence electrons. The molecule has 0 radical (unpaired) electrons. The minimum atomic E-state index is -1.35. The Hall–Kier alpha value is -4.74. The lowest BCUT2D eigenvalue weighted by Gasteiger charge is -2.27. The van der Waals surface area contributed by atoms with Crippen molar-refractivity contribution in [3.05, 3.63) is 92.5 Å². The fourth-order valence-electron chi connectivity index (χ4n) is 4.61. The maximum Gasteiger partial charge on any atom is 0.338 e. The summed E-state index contributed by atoms with van der Waals surface area (Å²) in [5, 5.41) is 6.11. The second-order valence-corrected chi connectivity index (χ2v) is 11.3. The van der Waals surface area contributed by atoms with Gasteiger partial charge >= 0.3 is 11.9 Å². The zero-order valence-electron chi connectivity index (χ0n) is 24.7. The van der Waals surface area contributed by atoms with Crippen LogP contribution in [0.1, 0.15) is 56.0 Å². The van der Waals surface area contributed by atoms with E-state index >= 15 is 0 Å². The molecule has 3 aromatic rings. The molecule has 0 bridgehead atoms. The molecule has 0 aliphatic carbocycles. The van der Waals surface area contributed by atoms with Crippen molar-refractivity contribution < 1.29 is 38.2 Å². The van der Waals surface area contributed by atoms with Gasteiger partial charge in [-0.05, 0) is 73.4 Å². The van der Waals surface area contributed by atoms with Gasteiger partial charge in [0.25, 0.3) is 23.6 Å². The molecule has 4 rings (SSSR count). The maximum absolute atomic E-state index is 13.4.